The molecule has 0 amide bonds. The number of H-pyrrole nitrogens is 1. The fourth-order valence-electron chi connectivity index (χ4n) is 2.17. The number of nitrogens with zero attached hydrogens (tertiary/aromatic N) is 2. The van der Waals surface area contributed by atoms with Gasteiger partial charge in [-0.3, -0.25) is 0 Å². The molecular weight excluding hydrogens is 242 g/mol. The molecular formula is C10H9N3O3S. The van der Waals surface area contributed by atoms with Crippen molar-refractivity contribution in [3.8, 4) is 5.00 Å². The molecule has 2 aromatic heterocycles. The van der Waals surface area contributed by atoms with Crippen molar-refractivity contribution in [1.82, 2.24) is 14.8 Å². The Labute approximate surface area is 99.5 Å². The summed E-state index contributed by atoms with van der Waals surface area (Å²) in [5, 5.41) is 15.6. The molecule has 0 unspecified atom stereocenters. The van der Waals surface area contributed by atoms with Gasteiger partial charge in [0.1, 0.15) is 11.3 Å². The lowest BCUT2D eigenvalue weighted by atomic mass is 10.1. The number of aryl methyl sites for hydroxylation is 1. The Morgan fingerprint density at radius 3 is 3.00 bits per heavy atom. The van der Waals surface area contributed by atoms with Crippen LogP contribution in [0.5, 0.6) is 0 Å². The summed E-state index contributed by atoms with van der Waals surface area (Å²) in [6.07, 6.45) is 3.98. The van der Waals surface area contributed by atoms with Gasteiger partial charge in [0.15, 0.2) is 0 Å². The topological polar surface area (TPSA) is 88.0 Å². The molecule has 1 aliphatic carbocycles. The minimum atomic E-state index is -0.979. The number of aromatic amines is 1. The molecule has 2 aromatic rings. The molecule has 88 valence electrons. The number of carboxylic acid groups (broad SMARTS) is 1. The summed E-state index contributed by atoms with van der Waals surface area (Å²) in [5.41, 5.74) is 0.726. The van der Waals surface area contributed by atoms with Crippen molar-refractivity contribution in [3.63, 3.8) is 0 Å². The van der Waals surface area contributed by atoms with Gasteiger partial charge >= 0.3 is 11.7 Å². The lowest BCUT2D eigenvalue weighted by molar-refractivity contribution is 0.0696. The highest BCUT2D eigenvalue weighted by molar-refractivity contribution is 7.15. The SMILES string of the molecule is O=C(O)c1c(-n2cn[nH]c2=O)sc2c1CCC2. The lowest BCUT2D eigenvalue weighted by Crippen LogP contribution is -2.16. The van der Waals surface area contributed by atoms with Gasteiger partial charge in [0.2, 0.25) is 0 Å². The number of hydrogen-bond donors (Lipinski definition) is 2. The highest BCUT2D eigenvalue weighted by Crippen LogP contribution is 2.37. The van der Waals surface area contributed by atoms with Crippen LogP contribution in [0.15, 0.2) is 11.1 Å². The fourth-order valence-corrected chi connectivity index (χ4v) is 3.52. The monoisotopic (exact) mass is 251 g/mol. The zero-order valence-electron chi connectivity index (χ0n) is 8.77. The van der Waals surface area contributed by atoms with E-state index in [-0.39, 0.29) is 5.56 Å². The third-order valence-corrected chi connectivity index (χ3v) is 4.18. The molecule has 7 heteroatoms. The van der Waals surface area contributed by atoms with E-state index in [0.717, 1.165) is 29.7 Å². The van der Waals surface area contributed by atoms with Crippen molar-refractivity contribution < 1.29 is 9.90 Å². The maximum atomic E-state index is 11.5. The molecule has 6 nitrogen and oxygen atoms in total. The Morgan fingerprint density at radius 2 is 2.35 bits per heavy atom. The molecule has 2 heterocycles. The number of aromatic carboxylic acids is 1. The van der Waals surface area contributed by atoms with Gasteiger partial charge in [-0.25, -0.2) is 19.3 Å². The number of carboxylic acids is 1. The van der Waals surface area contributed by atoms with Crippen LogP contribution in [-0.4, -0.2) is 25.8 Å². The quantitative estimate of drug-likeness (QED) is 0.826. The molecule has 0 radical (unpaired) electrons. The van der Waals surface area contributed by atoms with Crippen molar-refractivity contribution in [2.24, 2.45) is 0 Å². The largest absolute Gasteiger partial charge is 0.478 e. The normalized spacial score (nSPS) is 13.9. The van der Waals surface area contributed by atoms with Crippen molar-refractivity contribution in [1.29, 1.82) is 0 Å². The number of aromatic nitrogens is 3. The van der Waals surface area contributed by atoms with E-state index in [1.807, 2.05) is 0 Å². The Bertz CT molecular complexity index is 652. The molecule has 0 bridgehead atoms. The maximum absolute atomic E-state index is 11.5. The van der Waals surface area contributed by atoms with Gasteiger partial charge in [0.05, 0.1) is 5.56 Å². The molecule has 0 atom stereocenters. The first kappa shape index (κ1) is 10.3. The van der Waals surface area contributed by atoms with E-state index in [0.29, 0.717) is 5.00 Å². The Balaban J connectivity index is 2.28. The summed E-state index contributed by atoms with van der Waals surface area (Å²) in [6.45, 7) is 0. The van der Waals surface area contributed by atoms with Crippen molar-refractivity contribution >= 4 is 17.3 Å². The molecule has 3 rings (SSSR count). The summed E-state index contributed by atoms with van der Waals surface area (Å²) >= 11 is 1.37. The summed E-state index contributed by atoms with van der Waals surface area (Å²) in [6, 6.07) is 0. The first-order valence-electron chi connectivity index (χ1n) is 5.18. The zero-order chi connectivity index (χ0) is 12.0. The summed E-state index contributed by atoms with van der Waals surface area (Å²) in [7, 11) is 0. The van der Waals surface area contributed by atoms with Crippen molar-refractivity contribution in [3.05, 3.63) is 32.8 Å². The number of nitrogens with one attached hydrogen (secondary N) is 1. The second-order valence-corrected chi connectivity index (χ2v) is 4.96. The Morgan fingerprint density at radius 1 is 1.53 bits per heavy atom. The third-order valence-electron chi connectivity index (χ3n) is 2.89. The fraction of sp³-hybridized carbons (Fsp3) is 0.300. The lowest BCUT2D eigenvalue weighted by Gasteiger charge is -2.00. The van der Waals surface area contributed by atoms with Crippen LogP contribution in [0.3, 0.4) is 0 Å². The van der Waals surface area contributed by atoms with Crippen molar-refractivity contribution in [2.45, 2.75) is 19.3 Å². The van der Waals surface area contributed by atoms with E-state index in [4.69, 9.17) is 0 Å². The number of fused-ring (bicyclic) bond motifs is 1. The first-order chi connectivity index (χ1) is 8.18. The number of thiophene rings is 1. The molecule has 1 aliphatic rings. The zero-order valence-corrected chi connectivity index (χ0v) is 9.58. The van der Waals surface area contributed by atoms with Gasteiger partial charge in [-0.15, -0.1) is 11.3 Å². The summed E-state index contributed by atoms with van der Waals surface area (Å²) in [5.74, 6) is -0.979. The van der Waals surface area contributed by atoms with Crippen LogP contribution in [0.1, 0.15) is 27.2 Å². The average Bonchev–Trinajstić information content (AvgIpc) is 2.89. The predicted octanol–water partition coefficient (Wildman–Crippen LogP) is 0.809. The van der Waals surface area contributed by atoms with E-state index >= 15 is 0 Å². The second kappa shape index (κ2) is 3.56. The van der Waals surface area contributed by atoms with Crippen LogP contribution in [0.25, 0.3) is 5.00 Å². The molecule has 0 aromatic carbocycles. The molecule has 17 heavy (non-hydrogen) atoms. The van der Waals surface area contributed by atoms with Crippen LogP contribution in [0.4, 0.5) is 0 Å². The Kier molecular flexibility index (Phi) is 2.15. The summed E-state index contributed by atoms with van der Waals surface area (Å²) in [4.78, 5) is 23.9. The van der Waals surface area contributed by atoms with E-state index in [9.17, 15) is 14.7 Å². The predicted molar refractivity (Wildman–Crippen MR) is 61.0 cm³/mol. The molecule has 0 saturated carbocycles. The number of rotatable bonds is 2. The number of carbonyl (C=O) groups is 1. The molecule has 0 spiro atoms. The van der Waals surface area contributed by atoms with Gasteiger partial charge in [-0.05, 0) is 24.8 Å². The van der Waals surface area contributed by atoms with Crippen LogP contribution in [0, 0.1) is 0 Å². The van der Waals surface area contributed by atoms with Gasteiger partial charge < -0.3 is 5.11 Å². The number of hydrogen-bond acceptors (Lipinski definition) is 4. The Hall–Kier alpha value is -1.89. The minimum absolute atomic E-state index is 0.256. The van der Waals surface area contributed by atoms with E-state index in [1.54, 1.807) is 0 Å². The van der Waals surface area contributed by atoms with Crippen LogP contribution in [-0.2, 0) is 12.8 Å². The molecule has 0 saturated heterocycles. The van der Waals surface area contributed by atoms with Crippen molar-refractivity contribution in [2.75, 3.05) is 0 Å². The van der Waals surface area contributed by atoms with E-state index < -0.39 is 11.7 Å². The summed E-state index contributed by atoms with van der Waals surface area (Å²) < 4.78 is 1.26. The second-order valence-electron chi connectivity index (χ2n) is 3.87. The van der Waals surface area contributed by atoms with E-state index in [1.165, 1.54) is 22.2 Å². The minimum Gasteiger partial charge on any atom is -0.478 e. The smallest absolute Gasteiger partial charge is 0.348 e. The first-order valence-corrected chi connectivity index (χ1v) is 6.00. The molecule has 2 N–H and O–H groups in total. The standard InChI is InChI=1S/C10H9N3O3S/c14-9(15)7-5-2-1-3-6(5)17-8(7)13-4-11-12-10(13)16/h4H,1-3H2,(H,12,16)(H,14,15). The third kappa shape index (κ3) is 1.42. The molecule has 0 fully saturated rings. The van der Waals surface area contributed by atoms with Crippen LogP contribution in [0.2, 0.25) is 0 Å². The van der Waals surface area contributed by atoms with Crippen LogP contribution < -0.4 is 5.69 Å². The highest BCUT2D eigenvalue weighted by atomic mass is 32.1. The highest BCUT2D eigenvalue weighted by Gasteiger charge is 2.27. The van der Waals surface area contributed by atoms with Crippen LogP contribution >= 0.6 is 11.3 Å². The van der Waals surface area contributed by atoms with Gasteiger partial charge in [0, 0.05) is 4.88 Å². The van der Waals surface area contributed by atoms with Gasteiger partial charge in [-0.2, -0.15) is 5.10 Å². The van der Waals surface area contributed by atoms with Gasteiger partial charge in [-0.1, -0.05) is 0 Å². The van der Waals surface area contributed by atoms with E-state index in [2.05, 4.69) is 10.2 Å². The molecule has 0 aliphatic heterocycles. The van der Waals surface area contributed by atoms with Gasteiger partial charge in [0.25, 0.3) is 0 Å². The average molecular weight is 251 g/mol. The maximum Gasteiger partial charge on any atom is 0.348 e.